The van der Waals surface area contributed by atoms with Crippen molar-refractivity contribution in [3.63, 3.8) is 0 Å². The molecule has 216 valence electrons. The first-order chi connectivity index (χ1) is 19.3. The molecule has 3 aromatic rings. The summed E-state index contributed by atoms with van der Waals surface area (Å²) in [5, 5.41) is 7.24. The molecule has 1 aliphatic rings. The third-order valence-corrected chi connectivity index (χ3v) is 8.36. The number of methoxy groups -OCH3 is 2. The van der Waals surface area contributed by atoms with Crippen molar-refractivity contribution in [1.82, 2.24) is 25.3 Å². The summed E-state index contributed by atoms with van der Waals surface area (Å²) >= 11 is 13.6. The molecule has 4 rings (SSSR count). The molecule has 3 aromatic heterocycles. The number of hydrogen-bond donors (Lipinski definition) is 3. The number of aromatic nitrogens is 4. The molecule has 0 spiro atoms. The van der Waals surface area contributed by atoms with E-state index in [1.807, 2.05) is 4.90 Å². The monoisotopic (exact) mass is 611 g/mol. The predicted octanol–water partition coefficient (Wildman–Crippen LogP) is 3.80. The second-order valence-corrected chi connectivity index (χ2v) is 10.7. The number of anilines is 2. The maximum Gasteiger partial charge on any atom is 0.350 e. The Morgan fingerprint density at radius 1 is 1.23 bits per heavy atom. The minimum absolute atomic E-state index is 0.187. The summed E-state index contributed by atoms with van der Waals surface area (Å²) in [6.45, 7) is 5.83. The molecule has 40 heavy (non-hydrogen) atoms. The molecule has 1 saturated heterocycles. The molecule has 0 aliphatic carbocycles. The fourth-order valence-electron chi connectivity index (χ4n) is 4.24. The normalized spacial score (nSPS) is 17.1. The molecule has 0 saturated carbocycles. The molecule has 1 amide bonds. The van der Waals surface area contributed by atoms with E-state index in [4.69, 9.17) is 42.4 Å². The number of carbonyl (C=O) groups is 2. The van der Waals surface area contributed by atoms with Crippen LogP contribution in [-0.2, 0) is 14.2 Å². The molecular formula is C25H31Cl2N7O5S. The second-order valence-electron chi connectivity index (χ2n) is 8.94. The number of H-pyrrole nitrogens is 1. The van der Waals surface area contributed by atoms with E-state index in [-0.39, 0.29) is 35.4 Å². The number of thiazole rings is 1. The highest BCUT2D eigenvalue weighted by molar-refractivity contribution is 7.17. The Balaban J connectivity index is 1.51. The Labute approximate surface area is 245 Å². The summed E-state index contributed by atoms with van der Waals surface area (Å²) in [4.78, 5) is 44.6. The minimum atomic E-state index is -0.479. The minimum Gasteiger partial charge on any atom is -0.462 e. The highest BCUT2D eigenvalue weighted by atomic mass is 35.5. The van der Waals surface area contributed by atoms with Gasteiger partial charge in [0.25, 0.3) is 5.91 Å². The van der Waals surface area contributed by atoms with Crippen molar-refractivity contribution < 1.29 is 23.8 Å². The topological polar surface area (TPSA) is 144 Å². The zero-order valence-corrected chi connectivity index (χ0v) is 24.9. The van der Waals surface area contributed by atoms with Crippen molar-refractivity contribution in [2.45, 2.75) is 32.4 Å². The van der Waals surface area contributed by atoms with E-state index in [0.717, 1.165) is 0 Å². The van der Waals surface area contributed by atoms with Crippen molar-refractivity contribution in [3.05, 3.63) is 38.7 Å². The van der Waals surface area contributed by atoms with Gasteiger partial charge in [0.1, 0.15) is 27.8 Å². The van der Waals surface area contributed by atoms with Gasteiger partial charge in [-0.3, -0.25) is 4.79 Å². The van der Waals surface area contributed by atoms with E-state index in [1.165, 1.54) is 11.3 Å². The highest BCUT2D eigenvalue weighted by Gasteiger charge is 2.34. The molecule has 2 atom stereocenters. The zero-order chi connectivity index (χ0) is 28.8. The molecule has 0 unspecified atom stereocenters. The van der Waals surface area contributed by atoms with E-state index >= 15 is 0 Å². The summed E-state index contributed by atoms with van der Waals surface area (Å²) in [7, 11) is 3.21. The Bertz CT molecular complexity index is 1330. The lowest BCUT2D eigenvalue weighted by atomic mass is 10.0. The Kier molecular flexibility index (Phi) is 10.2. The van der Waals surface area contributed by atoms with Crippen LogP contribution in [0.5, 0.6) is 0 Å². The van der Waals surface area contributed by atoms with Gasteiger partial charge < -0.3 is 34.7 Å². The number of ether oxygens (including phenoxy) is 3. The first kappa shape index (κ1) is 30.0. The Morgan fingerprint density at radius 2 is 2.02 bits per heavy atom. The predicted molar refractivity (Wildman–Crippen MR) is 154 cm³/mol. The van der Waals surface area contributed by atoms with Crippen molar-refractivity contribution in [1.29, 1.82) is 0 Å². The quantitative estimate of drug-likeness (QED) is 0.216. The van der Waals surface area contributed by atoms with Crippen LogP contribution in [0.15, 0.2) is 12.4 Å². The largest absolute Gasteiger partial charge is 0.462 e. The third kappa shape index (κ3) is 6.66. The van der Waals surface area contributed by atoms with Crippen LogP contribution in [0, 0.1) is 6.92 Å². The Morgan fingerprint density at radius 3 is 2.65 bits per heavy atom. The van der Waals surface area contributed by atoms with Gasteiger partial charge in [0.2, 0.25) is 0 Å². The van der Waals surface area contributed by atoms with Crippen LogP contribution in [0.4, 0.5) is 10.9 Å². The van der Waals surface area contributed by atoms with Gasteiger partial charge in [-0.25, -0.2) is 19.7 Å². The van der Waals surface area contributed by atoms with E-state index in [1.54, 1.807) is 40.5 Å². The highest BCUT2D eigenvalue weighted by Crippen LogP contribution is 2.35. The Hall–Kier alpha value is -2.97. The van der Waals surface area contributed by atoms with Crippen LogP contribution in [-0.4, -0.2) is 91.0 Å². The molecule has 0 radical (unpaired) electrons. The average molecular weight is 613 g/mol. The van der Waals surface area contributed by atoms with Crippen LogP contribution in [0.25, 0.3) is 11.4 Å². The lowest BCUT2D eigenvalue weighted by Gasteiger charge is -2.37. The lowest BCUT2D eigenvalue weighted by molar-refractivity contribution is 0.0531. The number of halogens is 2. The van der Waals surface area contributed by atoms with Gasteiger partial charge in [-0.15, -0.1) is 0 Å². The average Bonchev–Trinajstić information content (AvgIpc) is 3.51. The zero-order valence-electron chi connectivity index (χ0n) is 22.5. The van der Waals surface area contributed by atoms with E-state index in [2.05, 4.69) is 25.6 Å². The summed E-state index contributed by atoms with van der Waals surface area (Å²) in [5.74, 6) is -0.257. The van der Waals surface area contributed by atoms with E-state index in [9.17, 15) is 9.59 Å². The van der Waals surface area contributed by atoms with Crippen LogP contribution in [0.2, 0.25) is 10.0 Å². The maximum atomic E-state index is 12.9. The van der Waals surface area contributed by atoms with Gasteiger partial charge in [-0.1, -0.05) is 34.5 Å². The number of rotatable bonds is 11. The van der Waals surface area contributed by atoms with Crippen molar-refractivity contribution in [2.75, 3.05) is 57.3 Å². The number of esters is 1. The molecule has 15 heteroatoms. The number of aryl methyl sites for hydroxylation is 1. The summed E-state index contributed by atoms with van der Waals surface area (Å²) in [6.07, 6.45) is 3.37. The van der Waals surface area contributed by atoms with E-state index < -0.39 is 5.97 Å². The molecule has 1 aliphatic heterocycles. The maximum absolute atomic E-state index is 12.9. The second kappa shape index (κ2) is 13.6. The lowest BCUT2D eigenvalue weighted by Crippen LogP contribution is -2.55. The third-order valence-electron chi connectivity index (χ3n) is 6.31. The van der Waals surface area contributed by atoms with Gasteiger partial charge in [-0.2, -0.15) is 0 Å². The molecule has 1 fully saturated rings. The number of amides is 1. The van der Waals surface area contributed by atoms with Gasteiger partial charge in [-0.05, 0) is 20.3 Å². The molecule has 0 bridgehead atoms. The number of piperidine rings is 1. The standard InChI is InChI=1S/C25H31Cl2N7O5S/c1-5-39-24(36)22-20(15-10-30-17(11-29-15)28-7-9-37-3)33-25(40-22)34-8-6-14(16(12-34)38-4)32-23(35)21-19(27)18(26)13(2)31-21/h10-11,14,16,31H,5-9,12H2,1-4H3,(H,28,30)(H,32,35)/t14-,16+/m1/s1. The molecule has 3 N–H and O–H groups in total. The van der Waals surface area contributed by atoms with Gasteiger partial charge in [0.15, 0.2) is 5.13 Å². The van der Waals surface area contributed by atoms with Gasteiger partial charge in [0, 0.05) is 39.5 Å². The van der Waals surface area contributed by atoms with Crippen molar-refractivity contribution in [2.24, 2.45) is 0 Å². The molecule has 12 nitrogen and oxygen atoms in total. The van der Waals surface area contributed by atoms with Crippen LogP contribution in [0.3, 0.4) is 0 Å². The summed E-state index contributed by atoms with van der Waals surface area (Å²) in [5.41, 5.74) is 1.68. The van der Waals surface area contributed by atoms with Crippen LogP contribution >= 0.6 is 34.5 Å². The number of aromatic amines is 1. The summed E-state index contributed by atoms with van der Waals surface area (Å²) < 4.78 is 16.1. The molecule has 0 aromatic carbocycles. The summed E-state index contributed by atoms with van der Waals surface area (Å²) in [6, 6.07) is -0.278. The number of nitrogens with one attached hydrogen (secondary N) is 3. The van der Waals surface area contributed by atoms with Crippen LogP contribution < -0.4 is 15.5 Å². The van der Waals surface area contributed by atoms with Crippen molar-refractivity contribution >= 4 is 57.4 Å². The number of nitrogens with zero attached hydrogens (tertiary/aromatic N) is 4. The molecule has 4 heterocycles. The van der Waals surface area contributed by atoms with Gasteiger partial charge in [0.05, 0.1) is 47.8 Å². The van der Waals surface area contributed by atoms with E-state index in [0.29, 0.717) is 70.6 Å². The first-order valence-corrected chi connectivity index (χ1v) is 14.2. The smallest absolute Gasteiger partial charge is 0.350 e. The molecular weight excluding hydrogens is 581 g/mol. The fraction of sp³-hybridized carbons (Fsp3) is 0.480. The number of hydrogen-bond acceptors (Lipinski definition) is 11. The fourth-order valence-corrected chi connectivity index (χ4v) is 5.66. The number of carbonyl (C=O) groups excluding carboxylic acids is 2. The SMILES string of the molecule is CCOC(=O)c1sc(N2CC[C@@H](NC(=O)c3[nH]c(C)c(Cl)c3Cl)[C@@H](OC)C2)nc1-c1cnc(NCCOC)cn1. The van der Waals surface area contributed by atoms with Crippen molar-refractivity contribution in [3.8, 4) is 11.4 Å². The first-order valence-electron chi connectivity index (χ1n) is 12.6. The van der Waals surface area contributed by atoms with Gasteiger partial charge >= 0.3 is 5.97 Å². The van der Waals surface area contributed by atoms with Crippen LogP contribution in [0.1, 0.15) is 39.2 Å².